The topological polar surface area (TPSA) is 38.7 Å². The standard InChI is InChI=1S/C5H3F3N3/c6-5(7,8)3-4-1-2-9-11-10-4/h1H,3H2. The van der Waals surface area contributed by atoms with Crippen molar-refractivity contribution >= 4 is 0 Å². The molecule has 0 atom stereocenters. The van der Waals surface area contributed by atoms with Gasteiger partial charge in [-0.3, -0.25) is 0 Å². The molecule has 1 heterocycles. The first kappa shape index (κ1) is 7.90. The first-order chi connectivity index (χ1) is 5.08. The maximum absolute atomic E-state index is 11.6. The zero-order chi connectivity index (χ0) is 8.32. The largest absolute Gasteiger partial charge is 0.394 e. The predicted molar refractivity (Wildman–Crippen MR) is 28.4 cm³/mol. The van der Waals surface area contributed by atoms with Gasteiger partial charge in [0.1, 0.15) is 6.20 Å². The Kier molecular flexibility index (Phi) is 2.02. The van der Waals surface area contributed by atoms with E-state index in [9.17, 15) is 13.2 Å². The summed E-state index contributed by atoms with van der Waals surface area (Å²) >= 11 is 0. The fraction of sp³-hybridized carbons (Fsp3) is 0.400. The average Bonchev–Trinajstić information content (AvgIpc) is 1.85. The molecule has 0 aliphatic carbocycles. The average molecular weight is 162 g/mol. The van der Waals surface area contributed by atoms with E-state index in [0.717, 1.165) is 6.07 Å². The third kappa shape index (κ3) is 2.92. The molecule has 1 aromatic rings. The lowest BCUT2D eigenvalue weighted by atomic mass is 10.3. The molecular formula is C5H3F3N3. The van der Waals surface area contributed by atoms with Crippen molar-refractivity contribution < 1.29 is 13.2 Å². The van der Waals surface area contributed by atoms with Crippen molar-refractivity contribution in [3.05, 3.63) is 18.0 Å². The van der Waals surface area contributed by atoms with E-state index in [4.69, 9.17) is 0 Å². The zero-order valence-corrected chi connectivity index (χ0v) is 5.26. The lowest BCUT2D eigenvalue weighted by molar-refractivity contribution is -0.128. The minimum atomic E-state index is -4.25. The van der Waals surface area contributed by atoms with Gasteiger partial charge >= 0.3 is 6.18 Å². The van der Waals surface area contributed by atoms with E-state index < -0.39 is 12.6 Å². The number of hydrogen-bond donors (Lipinski definition) is 0. The highest BCUT2D eigenvalue weighted by Gasteiger charge is 2.28. The van der Waals surface area contributed by atoms with Gasteiger partial charge in [0.2, 0.25) is 0 Å². The Bertz CT molecular complexity index is 220. The Morgan fingerprint density at radius 1 is 1.45 bits per heavy atom. The summed E-state index contributed by atoms with van der Waals surface area (Å²) in [4.78, 5) is 0. The Hall–Kier alpha value is -1.20. The summed E-state index contributed by atoms with van der Waals surface area (Å²) in [5.74, 6) is 0. The third-order valence-corrected chi connectivity index (χ3v) is 0.888. The molecule has 0 amide bonds. The van der Waals surface area contributed by atoms with E-state index in [1.54, 1.807) is 0 Å². The van der Waals surface area contributed by atoms with E-state index >= 15 is 0 Å². The molecule has 0 N–H and O–H groups in total. The highest BCUT2D eigenvalue weighted by atomic mass is 19.4. The predicted octanol–water partition coefficient (Wildman–Crippen LogP) is 0.777. The second kappa shape index (κ2) is 2.81. The van der Waals surface area contributed by atoms with Crippen LogP contribution < -0.4 is 0 Å². The number of nitrogens with zero attached hydrogens (tertiary/aromatic N) is 3. The first-order valence-corrected chi connectivity index (χ1v) is 2.70. The molecule has 59 valence electrons. The summed E-state index contributed by atoms with van der Waals surface area (Å²) in [7, 11) is 0. The van der Waals surface area contributed by atoms with Crippen LogP contribution >= 0.6 is 0 Å². The second-order valence-electron chi connectivity index (χ2n) is 1.85. The van der Waals surface area contributed by atoms with Crippen molar-refractivity contribution in [2.75, 3.05) is 0 Å². The van der Waals surface area contributed by atoms with Gasteiger partial charge in [0.25, 0.3) is 0 Å². The molecule has 0 bridgehead atoms. The highest BCUT2D eigenvalue weighted by Crippen LogP contribution is 2.18. The van der Waals surface area contributed by atoms with Crippen molar-refractivity contribution in [2.45, 2.75) is 12.6 Å². The smallest absolute Gasteiger partial charge is 0.171 e. The van der Waals surface area contributed by atoms with Crippen molar-refractivity contribution in [1.29, 1.82) is 0 Å². The van der Waals surface area contributed by atoms with Gasteiger partial charge in [-0.15, -0.1) is 10.2 Å². The number of hydrogen-bond acceptors (Lipinski definition) is 3. The third-order valence-electron chi connectivity index (χ3n) is 0.888. The van der Waals surface area contributed by atoms with E-state index in [1.807, 2.05) is 0 Å². The summed E-state index contributed by atoms with van der Waals surface area (Å²) in [5.41, 5.74) is -0.174. The molecule has 0 saturated carbocycles. The Balaban J connectivity index is 2.66. The fourth-order valence-corrected chi connectivity index (χ4v) is 0.530. The molecule has 1 radical (unpaired) electrons. The van der Waals surface area contributed by atoms with Crippen molar-refractivity contribution in [3.63, 3.8) is 0 Å². The zero-order valence-electron chi connectivity index (χ0n) is 5.26. The minimum absolute atomic E-state index is 0.174. The summed E-state index contributed by atoms with van der Waals surface area (Å²) in [6.07, 6.45) is -3.17. The van der Waals surface area contributed by atoms with Gasteiger partial charge in [-0.2, -0.15) is 13.2 Å². The molecule has 1 aromatic heterocycles. The lowest BCUT2D eigenvalue weighted by Crippen LogP contribution is -2.13. The molecule has 6 heteroatoms. The van der Waals surface area contributed by atoms with Crippen LogP contribution in [0.5, 0.6) is 0 Å². The normalized spacial score (nSPS) is 11.5. The van der Waals surface area contributed by atoms with Gasteiger partial charge in [-0.1, -0.05) is 0 Å². The Labute approximate surface area is 60.3 Å². The number of rotatable bonds is 1. The van der Waals surface area contributed by atoms with Crippen LogP contribution in [-0.2, 0) is 6.42 Å². The van der Waals surface area contributed by atoms with Crippen LogP contribution in [0.4, 0.5) is 13.2 Å². The van der Waals surface area contributed by atoms with Crippen LogP contribution in [0.25, 0.3) is 0 Å². The van der Waals surface area contributed by atoms with Crippen LogP contribution in [0.1, 0.15) is 5.69 Å². The molecule has 0 fully saturated rings. The summed E-state index contributed by atoms with van der Waals surface area (Å²) < 4.78 is 34.9. The monoisotopic (exact) mass is 162 g/mol. The number of alkyl halides is 3. The molecule has 0 aliphatic heterocycles. The van der Waals surface area contributed by atoms with Crippen molar-refractivity contribution in [3.8, 4) is 0 Å². The van der Waals surface area contributed by atoms with Gasteiger partial charge < -0.3 is 0 Å². The quantitative estimate of drug-likeness (QED) is 0.612. The van der Waals surface area contributed by atoms with Gasteiger partial charge in [-0.05, 0) is 11.3 Å². The van der Waals surface area contributed by atoms with Crippen molar-refractivity contribution in [2.24, 2.45) is 0 Å². The molecule has 0 saturated heterocycles. The van der Waals surface area contributed by atoms with Crippen LogP contribution in [0.15, 0.2) is 6.07 Å². The summed E-state index contributed by atoms with van der Waals surface area (Å²) in [5, 5.41) is 9.29. The van der Waals surface area contributed by atoms with Gasteiger partial charge in [-0.25, -0.2) is 0 Å². The first-order valence-electron chi connectivity index (χ1n) is 2.70. The summed E-state index contributed by atoms with van der Waals surface area (Å²) in [6.45, 7) is 0. The van der Waals surface area contributed by atoms with Crippen LogP contribution in [0.2, 0.25) is 0 Å². The minimum Gasteiger partial charge on any atom is -0.171 e. The number of halogens is 3. The van der Waals surface area contributed by atoms with E-state index in [2.05, 4.69) is 21.6 Å². The van der Waals surface area contributed by atoms with Crippen LogP contribution in [0.3, 0.4) is 0 Å². The molecule has 11 heavy (non-hydrogen) atoms. The molecular weight excluding hydrogens is 159 g/mol. The van der Waals surface area contributed by atoms with Crippen LogP contribution in [-0.4, -0.2) is 21.6 Å². The van der Waals surface area contributed by atoms with Gasteiger partial charge in [0.05, 0.1) is 12.1 Å². The number of aromatic nitrogens is 3. The molecule has 0 aliphatic rings. The SMILES string of the molecule is FC(F)(F)Cc1c[c]nnn1. The maximum Gasteiger partial charge on any atom is 0.394 e. The summed E-state index contributed by atoms with van der Waals surface area (Å²) in [6, 6.07) is 1.06. The lowest BCUT2D eigenvalue weighted by Gasteiger charge is -2.02. The molecule has 1 rings (SSSR count). The molecule has 0 unspecified atom stereocenters. The maximum atomic E-state index is 11.6. The Morgan fingerprint density at radius 3 is 2.64 bits per heavy atom. The van der Waals surface area contributed by atoms with Crippen LogP contribution in [0, 0.1) is 6.20 Å². The Morgan fingerprint density at radius 2 is 2.18 bits per heavy atom. The molecule has 0 spiro atoms. The van der Waals surface area contributed by atoms with Gasteiger partial charge in [0, 0.05) is 0 Å². The van der Waals surface area contributed by atoms with E-state index in [1.165, 1.54) is 0 Å². The highest BCUT2D eigenvalue weighted by molar-refractivity contribution is 4.95. The second-order valence-corrected chi connectivity index (χ2v) is 1.85. The molecule has 3 nitrogen and oxygen atoms in total. The molecule has 0 aromatic carbocycles. The fourth-order valence-electron chi connectivity index (χ4n) is 0.530. The van der Waals surface area contributed by atoms with E-state index in [0.29, 0.717) is 0 Å². The van der Waals surface area contributed by atoms with Crippen molar-refractivity contribution in [1.82, 2.24) is 15.4 Å². The van der Waals surface area contributed by atoms with E-state index in [-0.39, 0.29) is 5.69 Å². The van der Waals surface area contributed by atoms with Gasteiger partial charge in [0.15, 0.2) is 0 Å².